The monoisotopic (exact) mass is 187 g/mol. The highest BCUT2D eigenvalue weighted by atomic mass is 32.2. The lowest BCUT2D eigenvalue weighted by atomic mass is 10.1. The molecule has 0 aliphatic carbocycles. The molecule has 5 heteroatoms. The Labute approximate surface area is 76.2 Å². The second-order valence-electron chi connectivity index (χ2n) is 3.05. The quantitative estimate of drug-likeness (QED) is 0.440. The maximum atomic E-state index is 9.78. The lowest BCUT2D eigenvalue weighted by Gasteiger charge is -2.27. The van der Waals surface area contributed by atoms with Gasteiger partial charge in [-0.3, -0.25) is 5.41 Å². The van der Waals surface area contributed by atoms with Gasteiger partial charge in [0.15, 0.2) is 10.9 Å². The smallest absolute Gasteiger partial charge is 0.179 e. The Balaban J connectivity index is 2.82. The molecule has 0 saturated carbocycles. The lowest BCUT2D eigenvalue weighted by Crippen LogP contribution is -2.41. The molecule has 0 radical (unpaired) electrons. The summed E-state index contributed by atoms with van der Waals surface area (Å²) in [6.45, 7) is 3.51. The van der Waals surface area contributed by atoms with Gasteiger partial charge in [0.2, 0.25) is 0 Å². The Morgan fingerprint density at radius 3 is 2.75 bits per heavy atom. The third-order valence-electron chi connectivity index (χ3n) is 1.70. The van der Waals surface area contributed by atoms with E-state index in [0.717, 1.165) is 5.71 Å². The van der Waals surface area contributed by atoms with Crippen molar-refractivity contribution in [1.29, 1.82) is 5.41 Å². The average Bonchev–Trinajstić information content (AvgIpc) is 2.23. The van der Waals surface area contributed by atoms with Crippen LogP contribution in [0, 0.1) is 5.41 Å². The van der Waals surface area contributed by atoms with Gasteiger partial charge in [-0.1, -0.05) is 11.8 Å². The average molecular weight is 187 g/mol. The van der Waals surface area contributed by atoms with E-state index < -0.39 is 5.72 Å². The Hall–Kier alpha value is -0.550. The number of nitrogens with zero attached hydrogens (tertiary/aromatic N) is 2. The summed E-state index contributed by atoms with van der Waals surface area (Å²) in [5, 5.41) is 23.0. The van der Waals surface area contributed by atoms with Crippen LogP contribution in [0.3, 0.4) is 0 Å². The van der Waals surface area contributed by atoms with Crippen molar-refractivity contribution >= 4 is 22.6 Å². The van der Waals surface area contributed by atoms with Crippen LogP contribution in [0.4, 0.5) is 0 Å². The number of hydrogen-bond acceptors (Lipinski definition) is 4. The first-order valence-corrected chi connectivity index (χ1v) is 4.89. The summed E-state index contributed by atoms with van der Waals surface area (Å²) in [7, 11) is 0. The maximum Gasteiger partial charge on any atom is 0.179 e. The van der Waals surface area contributed by atoms with E-state index >= 15 is 0 Å². The van der Waals surface area contributed by atoms with Gasteiger partial charge in [-0.2, -0.15) is 5.10 Å². The summed E-state index contributed by atoms with van der Waals surface area (Å²) in [6.07, 6.45) is 2.30. The van der Waals surface area contributed by atoms with E-state index in [-0.39, 0.29) is 5.17 Å². The van der Waals surface area contributed by atoms with Crippen LogP contribution >= 0.6 is 11.8 Å². The van der Waals surface area contributed by atoms with Crippen molar-refractivity contribution in [3.05, 3.63) is 0 Å². The van der Waals surface area contributed by atoms with E-state index in [4.69, 9.17) is 5.41 Å². The molecule has 1 heterocycles. The van der Waals surface area contributed by atoms with Gasteiger partial charge in [0.25, 0.3) is 0 Å². The Kier molecular flexibility index (Phi) is 2.44. The van der Waals surface area contributed by atoms with Gasteiger partial charge in [-0.25, -0.2) is 5.01 Å². The molecular weight excluding hydrogens is 174 g/mol. The predicted molar refractivity (Wildman–Crippen MR) is 51.4 cm³/mol. The fourth-order valence-corrected chi connectivity index (χ4v) is 1.63. The Morgan fingerprint density at radius 2 is 2.42 bits per heavy atom. The summed E-state index contributed by atoms with van der Waals surface area (Å²) in [4.78, 5) is 0. The molecule has 0 aromatic carbocycles. The third-order valence-corrected chi connectivity index (χ3v) is 2.26. The van der Waals surface area contributed by atoms with E-state index in [1.807, 2.05) is 6.92 Å². The first-order chi connectivity index (χ1) is 5.47. The molecule has 0 amide bonds. The minimum atomic E-state index is -1.01. The molecule has 1 rings (SSSR count). The summed E-state index contributed by atoms with van der Waals surface area (Å²) < 4.78 is 0. The van der Waals surface area contributed by atoms with Crippen LogP contribution in [-0.4, -0.2) is 33.0 Å². The summed E-state index contributed by atoms with van der Waals surface area (Å²) >= 11 is 1.27. The molecule has 0 spiro atoms. The summed E-state index contributed by atoms with van der Waals surface area (Å²) in [5.74, 6) is 0. The number of rotatable bonds is 0. The van der Waals surface area contributed by atoms with Gasteiger partial charge in [-0.15, -0.1) is 0 Å². The molecule has 2 N–H and O–H groups in total. The highest BCUT2D eigenvalue weighted by Crippen LogP contribution is 2.26. The second-order valence-corrected chi connectivity index (χ2v) is 3.85. The fourth-order valence-electron chi connectivity index (χ4n) is 1.22. The molecule has 1 unspecified atom stereocenters. The summed E-state index contributed by atoms with van der Waals surface area (Å²) in [6, 6.07) is 0. The van der Waals surface area contributed by atoms with Gasteiger partial charge < -0.3 is 5.11 Å². The van der Waals surface area contributed by atoms with E-state index in [1.165, 1.54) is 16.8 Å². The van der Waals surface area contributed by atoms with Gasteiger partial charge in [0.05, 0.1) is 0 Å². The van der Waals surface area contributed by atoms with E-state index in [2.05, 4.69) is 5.10 Å². The topological polar surface area (TPSA) is 59.7 Å². The number of amidine groups is 1. The van der Waals surface area contributed by atoms with Crippen LogP contribution in [0.1, 0.15) is 20.3 Å². The zero-order valence-electron chi connectivity index (χ0n) is 7.46. The Bertz CT molecular complexity index is 237. The van der Waals surface area contributed by atoms with Crippen molar-refractivity contribution in [1.82, 2.24) is 5.01 Å². The third kappa shape index (κ3) is 1.61. The van der Waals surface area contributed by atoms with Gasteiger partial charge in [0, 0.05) is 12.1 Å². The molecule has 1 aliphatic rings. The molecule has 0 aromatic rings. The highest BCUT2D eigenvalue weighted by Gasteiger charge is 2.36. The molecule has 4 nitrogen and oxygen atoms in total. The number of thioether (sulfide) groups is 1. The van der Waals surface area contributed by atoms with E-state index in [1.54, 1.807) is 13.2 Å². The molecule has 1 atom stereocenters. The van der Waals surface area contributed by atoms with E-state index in [0.29, 0.717) is 6.42 Å². The van der Waals surface area contributed by atoms with Crippen LogP contribution in [0.15, 0.2) is 5.10 Å². The molecule has 0 bridgehead atoms. The number of hydrazone groups is 1. The first kappa shape index (κ1) is 9.54. The molecule has 1 aliphatic heterocycles. The first-order valence-electron chi connectivity index (χ1n) is 3.66. The number of aliphatic hydroxyl groups is 1. The molecule has 0 fully saturated rings. The van der Waals surface area contributed by atoms with Gasteiger partial charge in [-0.05, 0) is 20.1 Å². The van der Waals surface area contributed by atoms with E-state index in [9.17, 15) is 5.11 Å². The SMILES string of the molecule is CSC(=N)N1N=C(C)CC1(C)O. The normalized spacial score (nSPS) is 29.0. The zero-order chi connectivity index (χ0) is 9.35. The molecule has 0 saturated heterocycles. The largest absolute Gasteiger partial charge is 0.369 e. The van der Waals surface area contributed by atoms with Gasteiger partial charge in [0.1, 0.15) is 0 Å². The van der Waals surface area contributed by atoms with Crippen molar-refractivity contribution in [2.45, 2.75) is 26.0 Å². The van der Waals surface area contributed by atoms with Crippen molar-refractivity contribution in [2.24, 2.45) is 5.10 Å². The van der Waals surface area contributed by atoms with Crippen molar-refractivity contribution in [2.75, 3.05) is 6.26 Å². The minimum absolute atomic E-state index is 0.275. The predicted octanol–water partition coefficient (Wildman–Crippen LogP) is 1.07. The number of nitrogens with one attached hydrogen (secondary N) is 1. The fraction of sp³-hybridized carbons (Fsp3) is 0.714. The van der Waals surface area contributed by atoms with Gasteiger partial charge >= 0.3 is 0 Å². The van der Waals surface area contributed by atoms with Crippen LogP contribution in [-0.2, 0) is 0 Å². The van der Waals surface area contributed by atoms with Crippen LogP contribution in [0.5, 0.6) is 0 Å². The standard InChI is InChI=1S/C7H13N3OS/c1-5-4-7(2,11)10(9-5)6(8)12-3/h8,11H,4H2,1-3H3. The molecule has 12 heavy (non-hydrogen) atoms. The van der Waals surface area contributed by atoms with Crippen LogP contribution in [0.2, 0.25) is 0 Å². The molecular formula is C7H13N3OS. The molecule has 0 aromatic heterocycles. The maximum absolute atomic E-state index is 9.78. The van der Waals surface area contributed by atoms with Crippen molar-refractivity contribution in [3.8, 4) is 0 Å². The Morgan fingerprint density at radius 1 is 1.83 bits per heavy atom. The van der Waals surface area contributed by atoms with Crippen LogP contribution in [0.25, 0.3) is 0 Å². The second kappa shape index (κ2) is 3.06. The van der Waals surface area contributed by atoms with Crippen LogP contribution < -0.4 is 0 Å². The highest BCUT2D eigenvalue weighted by molar-refractivity contribution is 8.13. The lowest BCUT2D eigenvalue weighted by molar-refractivity contribution is -0.0313. The van der Waals surface area contributed by atoms with Crippen molar-refractivity contribution in [3.63, 3.8) is 0 Å². The minimum Gasteiger partial charge on any atom is -0.369 e. The van der Waals surface area contributed by atoms with Crippen molar-refractivity contribution < 1.29 is 5.11 Å². The zero-order valence-corrected chi connectivity index (χ0v) is 8.27. The molecule has 68 valence electrons. The number of hydrogen-bond donors (Lipinski definition) is 2. The summed E-state index contributed by atoms with van der Waals surface area (Å²) in [5.41, 5.74) is -0.150.